The number of pyridine rings is 1. The van der Waals surface area contributed by atoms with E-state index in [1.54, 1.807) is 0 Å². The zero-order valence-corrected chi connectivity index (χ0v) is 7.60. The van der Waals surface area contributed by atoms with Crippen molar-refractivity contribution in [3.8, 4) is 0 Å². The van der Waals surface area contributed by atoms with E-state index in [-0.39, 0.29) is 5.56 Å². The summed E-state index contributed by atoms with van der Waals surface area (Å²) in [5.74, 6) is -1.98. The normalized spacial score (nSPS) is 14.4. The van der Waals surface area contributed by atoms with Gasteiger partial charge in [0.05, 0.1) is 0 Å². The SMILES string of the molecule is CC(N)(C(=O)O)C(=O)c1ccncc1. The Balaban J connectivity index is 3.03. The van der Waals surface area contributed by atoms with Gasteiger partial charge in [0.25, 0.3) is 0 Å². The number of carbonyl (C=O) groups excluding carboxylic acids is 1. The van der Waals surface area contributed by atoms with Gasteiger partial charge in [0, 0.05) is 18.0 Å². The van der Waals surface area contributed by atoms with E-state index in [9.17, 15) is 9.59 Å². The van der Waals surface area contributed by atoms with Crippen LogP contribution in [0.4, 0.5) is 0 Å². The lowest BCUT2D eigenvalue weighted by Gasteiger charge is -2.16. The summed E-state index contributed by atoms with van der Waals surface area (Å²) >= 11 is 0. The van der Waals surface area contributed by atoms with Crippen molar-refractivity contribution in [1.29, 1.82) is 0 Å². The highest BCUT2D eigenvalue weighted by Crippen LogP contribution is 2.10. The molecule has 5 nitrogen and oxygen atoms in total. The lowest BCUT2D eigenvalue weighted by molar-refractivity contribution is -0.140. The van der Waals surface area contributed by atoms with Crippen molar-refractivity contribution >= 4 is 11.8 Å². The van der Waals surface area contributed by atoms with E-state index >= 15 is 0 Å². The van der Waals surface area contributed by atoms with Gasteiger partial charge in [0.1, 0.15) is 0 Å². The molecule has 3 N–H and O–H groups in total. The summed E-state index contributed by atoms with van der Waals surface area (Å²) in [6.07, 6.45) is 2.82. The zero-order chi connectivity index (χ0) is 10.8. The summed E-state index contributed by atoms with van der Waals surface area (Å²) in [7, 11) is 0. The Morgan fingerprint density at radius 2 is 1.93 bits per heavy atom. The molecule has 0 saturated carbocycles. The molecular formula is C9H10N2O3. The van der Waals surface area contributed by atoms with Crippen molar-refractivity contribution in [3.63, 3.8) is 0 Å². The number of carboxylic acids is 1. The quantitative estimate of drug-likeness (QED) is 0.524. The monoisotopic (exact) mass is 194 g/mol. The fraction of sp³-hybridized carbons (Fsp3) is 0.222. The van der Waals surface area contributed by atoms with Gasteiger partial charge in [-0.25, -0.2) is 4.79 Å². The molecular weight excluding hydrogens is 184 g/mol. The molecule has 0 aliphatic rings. The largest absolute Gasteiger partial charge is 0.480 e. The number of rotatable bonds is 3. The summed E-state index contributed by atoms with van der Waals surface area (Å²) in [6, 6.07) is 2.85. The van der Waals surface area contributed by atoms with E-state index in [0.717, 1.165) is 6.92 Å². The second-order valence-corrected chi connectivity index (χ2v) is 3.07. The highest BCUT2D eigenvalue weighted by Gasteiger charge is 2.37. The maximum atomic E-state index is 11.6. The number of aromatic nitrogens is 1. The average Bonchev–Trinajstić information content (AvgIpc) is 2.17. The lowest BCUT2D eigenvalue weighted by Crippen LogP contribution is -2.52. The lowest BCUT2D eigenvalue weighted by atomic mass is 9.93. The minimum Gasteiger partial charge on any atom is -0.480 e. The van der Waals surface area contributed by atoms with Crippen molar-refractivity contribution in [1.82, 2.24) is 4.98 Å². The zero-order valence-electron chi connectivity index (χ0n) is 7.60. The molecule has 14 heavy (non-hydrogen) atoms. The Kier molecular flexibility index (Phi) is 2.62. The number of nitrogens with zero attached hydrogens (tertiary/aromatic N) is 1. The van der Waals surface area contributed by atoms with E-state index in [2.05, 4.69) is 4.98 Å². The molecule has 0 aliphatic heterocycles. The molecule has 0 aliphatic carbocycles. The van der Waals surface area contributed by atoms with E-state index in [1.807, 2.05) is 0 Å². The third-order valence-corrected chi connectivity index (χ3v) is 1.86. The fourth-order valence-corrected chi connectivity index (χ4v) is 0.900. The topological polar surface area (TPSA) is 93.3 Å². The first-order valence-corrected chi connectivity index (χ1v) is 3.93. The van der Waals surface area contributed by atoms with Gasteiger partial charge in [-0.3, -0.25) is 9.78 Å². The Labute approximate surface area is 80.6 Å². The number of hydrogen-bond donors (Lipinski definition) is 2. The molecule has 0 amide bonds. The second-order valence-electron chi connectivity index (χ2n) is 3.07. The molecule has 0 bridgehead atoms. The molecule has 1 aromatic heterocycles. The summed E-state index contributed by atoms with van der Waals surface area (Å²) in [5, 5.41) is 8.71. The smallest absolute Gasteiger partial charge is 0.331 e. The van der Waals surface area contributed by atoms with Gasteiger partial charge < -0.3 is 10.8 Å². The van der Waals surface area contributed by atoms with Crippen molar-refractivity contribution in [3.05, 3.63) is 30.1 Å². The van der Waals surface area contributed by atoms with Crippen molar-refractivity contribution < 1.29 is 14.7 Å². The minimum atomic E-state index is -1.89. The Morgan fingerprint density at radius 1 is 1.43 bits per heavy atom. The highest BCUT2D eigenvalue weighted by atomic mass is 16.4. The van der Waals surface area contributed by atoms with Crippen molar-refractivity contribution in [2.75, 3.05) is 0 Å². The van der Waals surface area contributed by atoms with Crippen LogP contribution in [0.3, 0.4) is 0 Å². The van der Waals surface area contributed by atoms with Crippen LogP contribution in [0.25, 0.3) is 0 Å². The summed E-state index contributed by atoms with van der Waals surface area (Å²) in [5.41, 5.74) is 3.72. The number of ketones is 1. The van der Waals surface area contributed by atoms with Crippen LogP contribution in [0.15, 0.2) is 24.5 Å². The third-order valence-electron chi connectivity index (χ3n) is 1.86. The number of hydrogen-bond acceptors (Lipinski definition) is 4. The first kappa shape index (κ1) is 10.3. The Bertz CT molecular complexity index is 360. The Morgan fingerprint density at radius 3 is 2.36 bits per heavy atom. The maximum absolute atomic E-state index is 11.6. The van der Waals surface area contributed by atoms with E-state index in [4.69, 9.17) is 10.8 Å². The van der Waals surface area contributed by atoms with Crippen molar-refractivity contribution in [2.24, 2.45) is 5.73 Å². The minimum absolute atomic E-state index is 0.243. The predicted octanol–water partition coefficient (Wildman–Crippen LogP) is 0.0663. The standard InChI is InChI=1S/C9H10N2O3/c1-9(10,8(13)14)7(12)6-2-4-11-5-3-6/h2-5H,10H2,1H3,(H,13,14). The Hall–Kier alpha value is -1.75. The molecule has 1 aromatic rings. The number of carboxylic acid groups (broad SMARTS) is 1. The van der Waals surface area contributed by atoms with Gasteiger partial charge in [-0.05, 0) is 19.1 Å². The molecule has 1 unspecified atom stereocenters. The molecule has 0 spiro atoms. The molecule has 1 rings (SSSR count). The number of nitrogens with two attached hydrogens (primary N) is 1. The molecule has 74 valence electrons. The number of carbonyl (C=O) groups is 2. The fourth-order valence-electron chi connectivity index (χ4n) is 0.900. The van der Waals surface area contributed by atoms with Crippen LogP contribution in [0.2, 0.25) is 0 Å². The second kappa shape index (κ2) is 3.55. The number of Topliss-reactive ketones (excluding diaryl/α,β-unsaturated/α-hetero) is 1. The highest BCUT2D eigenvalue weighted by molar-refractivity contribution is 6.15. The predicted molar refractivity (Wildman–Crippen MR) is 48.8 cm³/mol. The maximum Gasteiger partial charge on any atom is 0.331 e. The average molecular weight is 194 g/mol. The van der Waals surface area contributed by atoms with Crippen LogP contribution in [-0.2, 0) is 4.79 Å². The molecule has 5 heteroatoms. The summed E-state index contributed by atoms with van der Waals surface area (Å²) in [6.45, 7) is 1.16. The van der Waals surface area contributed by atoms with Gasteiger partial charge in [0.15, 0.2) is 11.3 Å². The molecule has 1 heterocycles. The van der Waals surface area contributed by atoms with Crippen LogP contribution in [0.1, 0.15) is 17.3 Å². The molecule has 0 aromatic carbocycles. The summed E-state index contributed by atoms with van der Waals surface area (Å²) in [4.78, 5) is 26.0. The van der Waals surface area contributed by atoms with Gasteiger partial charge in [-0.2, -0.15) is 0 Å². The number of aliphatic carboxylic acids is 1. The third kappa shape index (κ3) is 1.77. The van der Waals surface area contributed by atoms with E-state index in [0.29, 0.717) is 0 Å². The van der Waals surface area contributed by atoms with Crippen LogP contribution in [0, 0.1) is 0 Å². The van der Waals surface area contributed by atoms with E-state index in [1.165, 1.54) is 24.5 Å². The van der Waals surface area contributed by atoms with Crippen LogP contribution in [0.5, 0.6) is 0 Å². The first-order chi connectivity index (χ1) is 6.46. The summed E-state index contributed by atoms with van der Waals surface area (Å²) < 4.78 is 0. The molecule has 0 saturated heterocycles. The molecule has 0 radical (unpaired) electrons. The van der Waals surface area contributed by atoms with Gasteiger partial charge in [-0.15, -0.1) is 0 Å². The first-order valence-electron chi connectivity index (χ1n) is 3.93. The van der Waals surface area contributed by atoms with E-state index < -0.39 is 17.3 Å². The molecule has 1 atom stereocenters. The molecule has 0 fully saturated rings. The van der Waals surface area contributed by atoms with Gasteiger partial charge in [-0.1, -0.05) is 0 Å². The van der Waals surface area contributed by atoms with Gasteiger partial charge in [0.2, 0.25) is 0 Å². The van der Waals surface area contributed by atoms with Crippen LogP contribution in [-0.4, -0.2) is 27.4 Å². The van der Waals surface area contributed by atoms with Gasteiger partial charge >= 0.3 is 5.97 Å². The van der Waals surface area contributed by atoms with Crippen molar-refractivity contribution in [2.45, 2.75) is 12.5 Å². The van der Waals surface area contributed by atoms with Crippen LogP contribution < -0.4 is 5.73 Å². The van der Waals surface area contributed by atoms with Crippen LogP contribution >= 0.6 is 0 Å².